The lowest BCUT2D eigenvalue weighted by molar-refractivity contribution is 0.135. The van der Waals surface area contributed by atoms with E-state index in [-0.39, 0.29) is 0 Å². The van der Waals surface area contributed by atoms with Crippen molar-refractivity contribution in [2.45, 2.75) is 31.7 Å². The molecular formula is C18H26N2O. The zero-order valence-corrected chi connectivity index (χ0v) is 13.0. The summed E-state index contributed by atoms with van der Waals surface area (Å²) in [5.74, 6) is 3.06. The van der Waals surface area contributed by atoms with E-state index in [1.54, 1.807) is 7.11 Å². The normalized spacial score (nSPS) is 32.6. The van der Waals surface area contributed by atoms with Gasteiger partial charge in [-0.2, -0.15) is 0 Å². The summed E-state index contributed by atoms with van der Waals surface area (Å²) >= 11 is 0. The second-order valence-corrected chi connectivity index (χ2v) is 6.94. The summed E-state index contributed by atoms with van der Waals surface area (Å²) in [6.45, 7) is 4.69. The van der Waals surface area contributed by atoms with Gasteiger partial charge in [0.2, 0.25) is 0 Å². The van der Waals surface area contributed by atoms with Crippen LogP contribution >= 0.6 is 0 Å². The molecular weight excluding hydrogens is 260 g/mol. The summed E-state index contributed by atoms with van der Waals surface area (Å²) in [5, 5.41) is 0. The molecule has 21 heavy (non-hydrogen) atoms. The Balaban J connectivity index is 1.40. The van der Waals surface area contributed by atoms with Gasteiger partial charge < -0.3 is 9.64 Å². The van der Waals surface area contributed by atoms with Gasteiger partial charge in [-0.05, 0) is 43.2 Å². The molecule has 114 valence electrons. The van der Waals surface area contributed by atoms with E-state index >= 15 is 0 Å². The van der Waals surface area contributed by atoms with Crippen LogP contribution in [0.5, 0.6) is 5.75 Å². The average Bonchev–Trinajstić information content (AvgIpc) is 3.18. The summed E-state index contributed by atoms with van der Waals surface area (Å²) in [6, 6.07) is 9.31. The number of piperazine rings is 1. The van der Waals surface area contributed by atoms with Crippen LogP contribution in [0.25, 0.3) is 0 Å². The van der Waals surface area contributed by atoms with Crippen molar-refractivity contribution in [1.82, 2.24) is 4.90 Å². The fourth-order valence-corrected chi connectivity index (χ4v) is 4.84. The molecule has 3 nitrogen and oxygen atoms in total. The van der Waals surface area contributed by atoms with Crippen LogP contribution in [0, 0.1) is 11.8 Å². The molecule has 0 N–H and O–H groups in total. The van der Waals surface area contributed by atoms with Gasteiger partial charge in [0.25, 0.3) is 0 Å². The Hall–Kier alpha value is -1.22. The minimum atomic E-state index is 0.892. The van der Waals surface area contributed by atoms with Gasteiger partial charge >= 0.3 is 0 Å². The maximum absolute atomic E-state index is 5.51. The molecule has 3 heteroatoms. The number of hydrogen-bond donors (Lipinski definition) is 0. The molecule has 4 rings (SSSR count). The molecule has 1 aromatic rings. The number of benzene rings is 1. The van der Waals surface area contributed by atoms with Crippen LogP contribution in [0.4, 0.5) is 5.69 Å². The summed E-state index contributed by atoms with van der Waals surface area (Å²) in [7, 11) is 1.77. The quantitative estimate of drug-likeness (QED) is 0.849. The molecule has 1 aliphatic heterocycles. The first kappa shape index (κ1) is 13.4. The van der Waals surface area contributed by atoms with Gasteiger partial charge in [-0.15, -0.1) is 0 Å². The summed E-state index contributed by atoms with van der Waals surface area (Å²) in [6.07, 6.45) is 5.97. The number of rotatable bonds is 3. The molecule has 0 amide bonds. The fourth-order valence-electron chi connectivity index (χ4n) is 4.84. The van der Waals surface area contributed by atoms with E-state index in [0.717, 1.165) is 36.7 Å². The SMILES string of the molecule is COc1ccccc1N1CCN([C@@H]2C[C@H]3CC[C@H]2C3)CC1. The second-order valence-electron chi connectivity index (χ2n) is 6.94. The Morgan fingerprint density at radius 1 is 1.00 bits per heavy atom. The molecule has 3 aliphatic rings. The highest BCUT2D eigenvalue weighted by molar-refractivity contribution is 5.58. The molecule has 1 aromatic carbocycles. The molecule has 2 aliphatic carbocycles. The van der Waals surface area contributed by atoms with Crippen LogP contribution in [-0.2, 0) is 0 Å². The van der Waals surface area contributed by atoms with Gasteiger partial charge in [-0.3, -0.25) is 4.90 Å². The molecule has 2 bridgehead atoms. The maximum atomic E-state index is 5.51. The summed E-state index contributed by atoms with van der Waals surface area (Å²) in [5.41, 5.74) is 1.26. The average molecular weight is 286 g/mol. The van der Waals surface area contributed by atoms with Crippen molar-refractivity contribution in [2.24, 2.45) is 11.8 Å². The minimum Gasteiger partial charge on any atom is -0.495 e. The van der Waals surface area contributed by atoms with Crippen molar-refractivity contribution >= 4 is 5.69 Å². The van der Waals surface area contributed by atoms with Gasteiger partial charge in [0.05, 0.1) is 12.8 Å². The maximum Gasteiger partial charge on any atom is 0.142 e. The van der Waals surface area contributed by atoms with Crippen LogP contribution in [0.3, 0.4) is 0 Å². The third-order valence-corrected chi connectivity index (χ3v) is 5.91. The lowest BCUT2D eigenvalue weighted by atomic mass is 9.93. The van der Waals surface area contributed by atoms with E-state index < -0.39 is 0 Å². The molecule has 3 atom stereocenters. The Bertz CT molecular complexity index is 496. The summed E-state index contributed by atoms with van der Waals surface area (Å²) < 4.78 is 5.51. The van der Waals surface area contributed by atoms with Crippen molar-refractivity contribution in [2.75, 3.05) is 38.2 Å². The van der Waals surface area contributed by atoms with Crippen LogP contribution in [0.1, 0.15) is 25.7 Å². The third-order valence-electron chi connectivity index (χ3n) is 5.91. The van der Waals surface area contributed by atoms with Gasteiger partial charge in [0, 0.05) is 32.2 Å². The zero-order chi connectivity index (χ0) is 14.2. The predicted octanol–water partition coefficient (Wildman–Crippen LogP) is 3.01. The highest BCUT2D eigenvalue weighted by Gasteiger charge is 2.42. The van der Waals surface area contributed by atoms with Crippen LogP contribution in [0.2, 0.25) is 0 Å². The number of hydrogen-bond acceptors (Lipinski definition) is 3. The zero-order valence-electron chi connectivity index (χ0n) is 13.0. The highest BCUT2D eigenvalue weighted by atomic mass is 16.5. The van der Waals surface area contributed by atoms with Crippen molar-refractivity contribution in [3.8, 4) is 5.75 Å². The van der Waals surface area contributed by atoms with E-state index in [1.165, 1.54) is 44.5 Å². The third kappa shape index (κ3) is 2.42. The number of ether oxygens (including phenoxy) is 1. The van der Waals surface area contributed by atoms with Gasteiger partial charge in [0.15, 0.2) is 0 Å². The first-order valence-corrected chi connectivity index (χ1v) is 8.47. The Kier molecular flexibility index (Phi) is 3.54. The van der Waals surface area contributed by atoms with Crippen molar-refractivity contribution in [1.29, 1.82) is 0 Å². The van der Waals surface area contributed by atoms with E-state index in [4.69, 9.17) is 4.74 Å². The Morgan fingerprint density at radius 2 is 1.81 bits per heavy atom. The Morgan fingerprint density at radius 3 is 2.48 bits per heavy atom. The van der Waals surface area contributed by atoms with E-state index in [0.29, 0.717) is 0 Å². The predicted molar refractivity (Wildman–Crippen MR) is 86.0 cm³/mol. The smallest absolute Gasteiger partial charge is 0.142 e. The molecule has 3 fully saturated rings. The lowest BCUT2D eigenvalue weighted by Crippen LogP contribution is -2.51. The topological polar surface area (TPSA) is 15.7 Å². The minimum absolute atomic E-state index is 0.892. The first-order valence-electron chi connectivity index (χ1n) is 8.47. The van der Waals surface area contributed by atoms with Gasteiger partial charge in [0.1, 0.15) is 5.75 Å². The number of methoxy groups -OCH3 is 1. The van der Waals surface area contributed by atoms with E-state index in [1.807, 2.05) is 6.07 Å². The lowest BCUT2D eigenvalue weighted by Gasteiger charge is -2.42. The van der Waals surface area contributed by atoms with E-state index in [9.17, 15) is 0 Å². The molecule has 1 saturated heterocycles. The monoisotopic (exact) mass is 286 g/mol. The van der Waals surface area contributed by atoms with Gasteiger partial charge in [-0.25, -0.2) is 0 Å². The van der Waals surface area contributed by atoms with Crippen molar-refractivity contribution in [3.63, 3.8) is 0 Å². The molecule has 0 unspecified atom stereocenters. The second kappa shape index (κ2) is 5.53. The largest absolute Gasteiger partial charge is 0.495 e. The Labute approximate surface area is 127 Å². The van der Waals surface area contributed by atoms with Crippen LogP contribution < -0.4 is 9.64 Å². The van der Waals surface area contributed by atoms with Crippen molar-refractivity contribution < 1.29 is 4.74 Å². The van der Waals surface area contributed by atoms with Crippen molar-refractivity contribution in [3.05, 3.63) is 24.3 Å². The molecule has 0 radical (unpaired) electrons. The molecule has 0 spiro atoms. The molecule has 2 saturated carbocycles. The van der Waals surface area contributed by atoms with Gasteiger partial charge in [-0.1, -0.05) is 18.6 Å². The highest BCUT2D eigenvalue weighted by Crippen LogP contribution is 2.46. The van der Waals surface area contributed by atoms with Crippen LogP contribution in [-0.4, -0.2) is 44.2 Å². The standard InChI is InChI=1S/C18H26N2O/c1-21-18-5-3-2-4-16(18)19-8-10-20(11-9-19)17-13-14-6-7-15(17)12-14/h2-5,14-15,17H,6-13H2,1H3/t14-,15-,17+/m0/s1. The fraction of sp³-hybridized carbons (Fsp3) is 0.667. The number of anilines is 1. The number of fused-ring (bicyclic) bond motifs is 2. The first-order chi connectivity index (χ1) is 10.3. The number of nitrogens with zero attached hydrogens (tertiary/aromatic N) is 2. The van der Waals surface area contributed by atoms with E-state index in [2.05, 4.69) is 28.0 Å². The van der Waals surface area contributed by atoms with Crippen LogP contribution in [0.15, 0.2) is 24.3 Å². The molecule has 0 aromatic heterocycles. The molecule has 1 heterocycles. The summed E-state index contributed by atoms with van der Waals surface area (Å²) in [4.78, 5) is 5.26. The number of para-hydroxylation sites is 2.